The van der Waals surface area contributed by atoms with Crippen LogP contribution in [0.1, 0.15) is 33.6 Å². The highest BCUT2D eigenvalue weighted by molar-refractivity contribution is 4.90. The summed E-state index contributed by atoms with van der Waals surface area (Å²) in [7, 11) is 4.39. The van der Waals surface area contributed by atoms with Crippen LogP contribution in [0.4, 0.5) is 0 Å². The zero-order valence-electron chi connectivity index (χ0n) is 12.4. The van der Waals surface area contributed by atoms with Crippen LogP contribution in [0, 0.1) is 11.3 Å². The van der Waals surface area contributed by atoms with Crippen molar-refractivity contribution in [1.82, 2.24) is 9.80 Å². The molecule has 0 amide bonds. The molecule has 3 heteroatoms. The molecule has 3 nitrogen and oxygen atoms in total. The van der Waals surface area contributed by atoms with Gasteiger partial charge in [0.2, 0.25) is 0 Å². The summed E-state index contributed by atoms with van der Waals surface area (Å²) in [6.45, 7) is 11.3. The first-order valence-electron chi connectivity index (χ1n) is 7.00. The lowest BCUT2D eigenvalue weighted by atomic mass is 9.85. The number of nitrogens with zero attached hydrogens (tertiary/aromatic N) is 2. The van der Waals surface area contributed by atoms with E-state index >= 15 is 0 Å². The minimum atomic E-state index is 0.301. The Labute approximate surface area is 107 Å². The molecule has 1 rings (SSSR count). The molecular formula is C14H31N3. The Morgan fingerprint density at radius 2 is 2.00 bits per heavy atom. The molecular weight excluding hydrogens is 210 g/mol. The maximum atomic E-state index is 5.96. The lowest BCUT2D eigenvalue weighted by Crippen LogP contribution is -2.41. The van der Waals surface area contributed by atoms with Gasteiger partial charge in [-0.2, -0.15) is 0 Å². The summed E-state index contributed by atoms with van der Waals surface area (Å²) in [5.74, 6) is 0.772. The molecule has 0 aromatic rings. The first kappa shape index (κ1) is 14.9. The van der Waals surface area contributed by atoms with E-state index in [1.807, 2.05) is 0 Å². The fourth-order valence-electron chi connectivity index (χ4n) is 3.24. The summed E-state index contributed by atoms with van der Waals surface area (Å²) in [6, 6.07) is 0.707. The van der Waals surface area contributed by atoms with Crippen molar-refractivity contribution in [2.24, 2.45) is 17.1 Å². The molecule has 1 saturated heterocycles. The van der Waals surface area contributed by atoms with Gasteiger partial charge in [0.1, 0.15) is 0 Å². The van der Waals surface area contributed by atoms with Crippen molar-refractivity contribution in [3.63, 3.8) is 0 Å². The molecule has 0 aromatic heterocycles. The zero-order chi connectivity index (χ0) is 13.1. The molecule has 0 saturated carbocycles. The number of nitrogens with two attached hydrogens (primary N) is 1. The van der Waals surface area contributed by atoms with Crippen molar-refractivity contribution in [2.75, 3.05) is 40.3 Å². The highest BCUT2D eigenvalue weighted by atomic mass is 15.2. The van der Waals surface area contributed by atoms with Gasteiger partial charge in [0.05, 0.1) is 0 Å². The summed E-state index contributed by atoms with van der Waals surface area (Å²) in [6.07, 6.45) is 2.47. The second-order valence-electron chi connectivity index (χ2n) is 6.47. The molecule has 17 heavy (non-hydrogen) atoms. The Balaban J connectivity index is 2.53. The molecule has 1 aliphatic heterocycles. The second-order valence-corrected chi connectivity index (χ2v) is 6.47. The van der Waals surface area contributed by atoms with Crippen molar-refractivity contribution in [2.45, 2.75) is 39.7 Å². The molecule has 0 bridgehead atoms. The minimum Gasteiger partial charge on any atom is -0.330 e. The molecule has 3 unspecified atom stereocenters. The third kappa shape index (κ3) is 3.94. The lowest BCUT2D eigenvalue weighted by Gasteiger charge is -2.33. The van der Waals surface area contributed by atoms with E-state index in [4.69, 9.17) is 5.73 Å². The van der Waals surface area contributed by atoms with Crippen LogP contribution in [0.15, 0.2) is 0 Å². The van der Waals surface area contributed by atoms with Gasteiger partial charge in [-0.05, 0) is 38.4 Å². The molecule has 2 N–H and O–H groups in total. The number of hydrogen-bond donors (Lipinski definition) is 1. The minimum absolute atomic E-state index is 0.301. The van der Waals surface area contributed by atoms with E-state index in [1.165, 1.54) is 25.9 Å². The van der Waals surface area contributed by atoms with Gasteiger partial charge in [-0.25, -0.2) is 0 Å². The summed E-state index contributed by atoms with van der Waals surface area (Å²) in [4.78, 5) is 4.97. The predicted octanol–water partition coefficient (Wildman–Crippen LogP) is 1.63. The molecule has 0 aliphatic carbocycles. The van der Waals surface area contributed by atoms with E-state index in [0.29, 0.717) is 11.5 Å². The van der Waals surface area contributed by atoms with Crippen LogP contribution in [0.25, 0.3) is 0 Å². The van der Waals surface area contributed by atoms with Crippen LogP contribution < -0.4 is 5.73 Å². The van der Waals surface area contributed by atoms with Crippen molar-refractivity contribution < 1.29 is 0 Å². The van der Waals surface area contributed by atoms with Gasteiger partial charge in [0.15, 0.2) is 0 Å². The van der Waals surface area contributed by atoms with Crippen molar-refractivity contribution in [1.29, 1.82) is 0 Å². The first-order valence-corrected chi connectivity index (χ1v) is 7.00. The number of likely N-dealkylation sites (tertiary alicyclic amines) is 1. The smallest absolute Gasteiger partial charge is 0.0254 e. The molecule has 0 radical (unpaired) electrons. The van der Waals surface area contributed by atoms with Gasteiger partial charge in [-0.3, -0.25) is 0 Å². The van der Waals surface area contributed by atoms with Gasteiger partial charge in [0, 0.05) is 25.7 Å². The SMILES string of the molecule is CCCC(C)(CN)CN1CC(C)C(N(C)C)C1. The quantitative estimate of drug-likeness (QED) is 0.767. The number of hydrogen-bond acceptors (Lipinski definition) is 3. The van der Waals surface area contributed by atoms with Crippen LogP contribution in [-0.4, -0.2) is 56.1 Å². The molecule has 1 heterocycles. The molecule has 1 fully saturated rings. The van der Waals surface area contributed by atoms with Crippen LogP contribution in [0.5, 0.6) is 0 Å². The summed E-state index contributed by atoms with van der Waals surface area (Å²) >= 11 is 0. The average Bonchev–Trinajstić information content (AvgIpc) is 2.59. The van der Waals surface area contributed by atoms with Crippen LogP contribution >= 0.6 is 0 Å². The van der Waals surface area contributed by atoms with Crippen LogP contribution in [0.3, 0.4) is 0 Å². The maximum Gasteiger partial charge on any atom is 0.0254 e. The molecule has 1 aliphatic rings. The predicted molar refractivity (Wildman–Crippen MR) is 75.1 cm³/mol. The van der Waals surface area contributed by atoms with E-state index in [2.05, 4.69) is 44.7 Å². The maximum absolute atomic E-state index is 5.96. The van der Waals surface area contributed by atoms with E-state index in [9.17, 15) is 0 Å². The van der Waals surface area contributed by atoms with Gasteiger partial charge < -0.3 is 15.5 Å². The summed E-state index contributed by atoms with van der Waals surface area (Å²) in [5, 5.41) is 0. The molecule has 0 spiro atoms. The monoisotopic (exact) mass is 241 g/mol. The standard InChI is InChI=1S/C14H31N3/c1-6-7-14(3,10-15)11-17-8-12(2)13(9-17)16(4)5/h12-13H,6-11,15H2,1-5H3. The van der Waals surface area contributed by atoms with Crippen molar-refractivity contribution in [3.05, 3.63) is 0 Å². The summed E-state index contributed by atoms with van der Waals surface area (Å²) < 4.78 is 0. The fourth-order valence-corrected chi connectivity index (χ4v) is 3.24. The first-order chi connectivity index (χ1) is 7.91. The van der Waals surface area contributed by atoms with Gasteiger partial charge in [0.25, 0.3) is 0 Å². The Morgan fingerprint density at radius 3 is 2.41 bits per heavy atom. The zero-order valence-corrected chi connectivity index (χ0v) is 12.4. The van der Waals surface area contributed by atoms with Crippen molar-refractivity contribution in [3.8, 4) is 0 Å². The van der Waals surface area contributed by atoms with Gasteiger partial charge in [-0.1, -0.05) is 27.2 Å². The summed E-state index contributed by atoms with van der Waals surface area (Å²) in [5.41, 5.74) is 6.26. The highest BCUT2D eigenvalue weighted by Crippen LogP contribution is 2.27. The molecule has 102 valence electrons. The Kier molecular flexibility index (Phi) is 5.42. The second kappa shape index (κ2) is 6.17. The third-order valence-electron chi connectivity index (χ3n) is 4.26. The molecule has 0 aromatic carbocycles. The van der Waals surface area contributed by atoms with Gasteiger partial charge >= 0.3 is 0 Å². The number of rotatable bonds is 6. The molecule has 3 atom stereocenters. The highest BCUT2D eigenvalue weighted by Gasteiger charge is 2.34. The van der Waals surface area contributed by atoms with E-state index in [0.717, 1.165) is 19.0 Å². The normalized spacial score (nSPS) is 29.8. The Morgan fingerprint density at radius 1 is 1.35 bits per heavy atom. The lowest BCUT2D eigenvalue weighted by molar-refractivity contribution is 0.173. The average molecular weight is 241 g/mol. The Hall–Kier alpha value is -0.120. The Bertz CT molecular complexity index is 230. The van der Waals surface area contributed by atoms with E-state index in [-0.39, 0.29) is 0 Å². The van der Waals surface area contributed by atoms with Crippen LogP contribution in [0.2, 0.25) is 0 Å². The largest absolute Gasteiger partial charge is 0.330 e. The fraction of sp³-hybridized carbons (Fsp3) is 1.00. The number of likely N-dealkylation sites (N-methyl/N-ethyl adjacent to an activating group) is 1. The topological polar surface area (TPSA) is 32.5 Å². The third-order valence-corrected chi connectivity index (χ3v) is 4.26. The van der Waals surface area contributed by atoms with Gasteiger partial charge in [-0.15, -0.1) is 0 Å². The van der Waals surface area contributed by atoms with E-state index < -0.39 is 0 Å². The van der Waals surface area contributed by atoms with Crippen LogP contribution in [-0.2, 0) is 0 Å². The van der Waals surface area contributed by atoms with Crippen molar-refractivity contribution >= 4 is 0 Å². The van der Waals surface area contributed by atoms with E-state index in [1.54, 1.807) is 0 Å².